The number of allylic oxidation sites excluding steroid dienone is 4. The molecule has 1 aromatic carbocycles. The van der Waals surface area contributed by atoms with Crippen LogP contribution in [0.25, 0.3) is 0 Å². The van der Waals surface area contributed by atoms with E-state index >= 15 is 0 Å². The molecule has 4 aliphatic carbocycles. The van der Waals surface area contributed by atoms with Crippen molar-refractivity contribution in [2.45, 2.75) is 69.8 Å². The van der Waals surface area contributed by atoms with Gasteiger partial charge in [-0.25, -0.2) is 4.79 Å². The number of carbonyl (C=O) groups excluding carboxylic acids is 4. The van der Waals surface area contributed by atoms with Crippen LogP contribution in [0.2, 0.25) is 0 Å². The van der Waals surface area contributed by atoms with Crippen molar-refractivity contribution in [3.05, 3.63) is 57.2 Å². The second-order valence-electron chi connectivity index (χ2n) is 11.6. The van der Waals surface area contributed by atoms with Crippen molar-refractivity contribution in [3.63, 3.8) is 0 Å². The van der Waals surface area contributed by atoms with Crippen LogP contribution in [0, 0.1) is 26.2 Å². The molecule has 1 aromatic rings. The van der Waals surface area contributed by atoms with Gasteiger partial charge in [0.1, 0.15) is 0 Å². The van der Waals surface area contributed by atoms with Gasteiger partial charge in [-0.1, -0.05) is 31.6 Å². The van der Waals surface area contributed by atoms with Gasteiger partial charge in [-0.05, 0) is 103 Å². The van der Waals surface area contributed by atoms with Gasteiger partial charge in [0.25, 0.3) is 0 Å². The minimum Gasteiger partial charge on any atom is -0.458 e. The average Bonchev–Trinajstić information content (AvgIpc) is 3.16. The standard InChI is InChI=1S/C30H32ClIO6/c1-18(33)37-17-25(35)30(38-26(36)19-5-4-6-21(32)15-19)12-10-23-24-8-7-20-16-22(34)9-11-27(20,2)29(24,31)14-13-28(23,30)3/h4-6,9,11,15-16,23-24H,7-8,10,12-14,17H2,1-3H3/t23-,24-,27-,28-,29+,30-/m0/s1. The maximum Gasteiger partial charge on any atom is 0.339 e. The van der Waals surface area contributed by atoms with Crippen LogP contribution in [0.15, 0.2) is 48.1 Å². The van der Waals surface area contributed by atoms with Crippen LogP contribution >= 0.6 is 34.2 Å². The lowest BCUT2D eigenvalue weighted by atomic mass is 9.46. The maximum atomic E-state index is 13.9. The molecule has 3 saturated carbocycles. The van der Waals surface area contributed by atoms with Crippen molar-refractivity contribution in [1.29, 1.82) is 0 Å². The highest BCUT2D eigenvalue weighted by molar-refractivity contribution is 14.1. The van der Waals surface area contributed by atoms with Gasteiger partial charge in [0.05, 0.1) is 10.4 Å². The number of halogens is 2. The number of ketones is 2. The molecule has 0 unspecified atom stereocenters. The van der Waals surface area contributed by atoms with E-state index in [0.717, 1.165) is 22.0 Å². The Hall–Kier alpha value is -2.00. The lowest BCUT2D eigenvalue weighted by molar-refractivity contribution is -0.168. The second kappa shape index (κ2) is 9.58. The van der Waals surface area contributed by atoms with Crippen LogP contribution in [-0.2, 0) is 23.9 Å². The number of benzene rings is 1. The van der Waals surface area contributed by atoms with Gasteiger partial charge in [-0.15, -0.1) is 11.6 Å². The molecule has 4 aliphatic rings. The molecule has 0 spiro atoms. The second-order valence-corrected chi connectivity index (χ2v) is 13.5. The molecule has 0 aromatic heterocycles. The van der Waals surface area contributed by atoms with E-state index in [1.54, 1.807) is 30.4 Å². The maximum absolute atomic E-state index is 13.9. The van der Waals surface area contributed by atoms with Crippen molar-refractivity contribution < 1.29 is 28.7 Å². The third-order valence-corrected chi connectivity index (χ3v) is 11.5. The van der Waals surface area contributed by atoms with Crippen LogP contribution < -0.4 is 0 Å². The van der Waals surface area contributed by atoms with Gasteiger partial charge < -0.3 is 9.47 Å². The van der Waals surface area contributed by atoms with Crippen LogP contribution in [0.3, 0.4) is 0 Å². The minimum atomic E-state index is -1.43. The quantitative estimate of drug-likeness (QED) is 0.221. The molecular weight excluding hydrogens is 619 g/mol. The van der Waals surface area contributed by atoms with Crippen molar-refractivity contribution in [2.75, 3.05) is 6.61 Å². The van der Waals surface area contributed by atoms with Gasteiger partial charge in [0.15, 0.2) is 18.0 Å². The van der Waals surface area contributed by atoms with Gasteiger partial charge >= 0.3 is 11.9 Å². The van der Waals surface area contributed by atoms with Crippen LogP contribution in [-0.4, -0.2) is 40.6 Å². The monoisotopic (exact) mass is 650 g/mol. The summed E-state index contributed by atoms with van der Waals surface area (Å²) >= 11 is 9.73. The Balaban J connectivity index is 1.53. The fourth-order valence-corrected chi connectivity index (χ4v) is 8.97. The Labute approximate surface area is 241 Å². The third kappa shape index (κ3) is 4.02. The predicted molar refractivity (Wildman–Crippen MR) is 151 cm³/mol. The topological polar surface area (TPSA) is 86.7 Å². The fourth-order valence-electron chi connectivity index (χ4n) is 7.89. The zero-order valence-electron chi connectivity index (χ0n) is 21.9. The molecule has 3 fully saturated rings. The summed E-state index contributed by atoms with van der Waals surface area (Å²) in [6.07, 6.45) is 9.06. The van der Waals surface area contributed by atoms with E-state index in [0.29, 0.717) is 31.2 Å². The molecule has 38 heavy (non-hydrogen) atoms. The molecule has 202 valence electrons. The summed E-state index contributed by atoms with van der Waals surface area (Å²) in [5.74, 6) is -1.43. The molecule has 5 rings (SSSR count). The molecule has 0 heterocycles. The molecule has 6 atom stereocenters. The summed E-state index contributed by atoms with van der Waals surface area (Å²) in [5.41, 5.74) is -1.13. The molecule has 0 radical (unpaired) electrons. The molecule has 0 saturated heterocycles. The van der Waals surface area contributed by atoms with E-state index in [4.69, 9.17) is 21.1 Å². The first-order chi connectivity index (χ1) is 17.9. The summed E-state index contributed by atoms with van der Waals surface area (Å²) in [6.45, 7) is 4.98. The predicted octanol–water partition coefficient (Wildman–Crippen LogP) is 5.99. The van der Waals surface area contributed by atoms with Gasteiger partial charge in [0, 0.05) is 21.3 Å². The fraction of sp³-hybridized carbons (Fsp3) is 0.533. The average molecular weight is 651 g/mol. The van der Waals surface area contributed by atoms with E-state index in [1.807, 2.05) is 19.1 Å². The summed E-state index contributed by atoms with van der Waals surface area (Å²) < 4.78 is 12.3. The first-order valence-electron chi connectivity index (χ1n) is 13.1. The minimum absolute atomic E-state index is 0.00437. The Bertz CT molecular complexity index is 1290. The van der Waals surface area contributed by atoms with Gasteiger partial charge in [0.2, 0.25) is 5.78 Å². The number of hydrogen-bond acceptors (Lipinski definition) is 6. The SMILES string of the molecule is CC(=O)OCC(=O)[C@@]1(OC(=O)c2cccc(I)c2)CC[C@H]2[C@@H]3CCC4=CC(=O)C=C[C@]4(C)[C@@]3(Cl)CC[C@@]21C. The molecular formula is C30H32ClIO6. The van der Waals surface area contributed by atoms with E-state index < -0.39 is 39.9 Å². The molecule has 8 heteroatoms. The Morgan fingerprint density at radius 2 is 1.87 bits per heavy atom. The number of fused-ring (bicyclic) bond motifs is 5. The van der Waals surface area contributed by atoms with E-state index in [2.05, 4.69) is 29.5 Å². The lowest BCUT2D eigenvalue weighted by Gasteiger charge is -2.62. The summed E-state index contributed by atoms with van der Waals surface area (Å²) in [5, 5.41) is 0. The molecule has 0 N–H and O–H groups in total. The van der Waals surface area contributed by atoms with Gasteiger partial charge in [-0.3, -0.25) is 14.4 Å². The number of hydrogen-bond donors (Lipinski definition) is 0. The first-order valence-corrected chi connectivity index (χ1v) is 14.6. The molecule has 0 bridgehead atoms. The van der Waals surface area contributed by atoms with Crippen LogP contribution in [0.4, 0.5) is 0 Å². The zero-order chi connectivity index (χ0) is 27.5. The van der Waals surface area contributed by atoms with Crippen molar-refractivity contribution >= 4 is 57.7 Å². The molecule has 0 aliphatic heterocycles. The highest BCUT2D eigenvalue weighted by Gasteiger charge is 2.72. The van der Waals surface area contributed by atoms with Crippen molar-refractivity contribution in [3.8, 4) is 0 Å². The number of carbonyl (C=O) groups is 4. The summed E-state index contributed by atoms with van der Waals surface area (Å²) in [4.78, 5) is 50.5. The number of rotatable bonds is 5. The Morgan fingerprint density at radius 3 is 2.58 bits per heavy atom. The van der Waals surface area contributed by atoms with Crippen molar-refractivity contribution in [1.82, 2.24) is 0 Å². The Morgan fingerprint density at radius 1 is 1.11 bits per heavy atom. The number of ether oxygens (including phenoxy) is 2. The molecule has 6 nitrogen and oxygen atoms in total. The summed E-state index contributed by atoms with van der Waals surface area (Å²) in [6, 6.07) is 7.08. The van der Waals surface area contributed by atoms with Crippen LogP contribution in [0.5, 0.6) is 0 Å². The van der Waals surface area contributed by atoms with E-state index in [1.165, 1.54) is 6.92 Å². The van der Waals surface area contributed by atoms with Crippen LogP contribution in [0.1, 0.15) is 69.7 Å². The van der Waals surface area contributed by atoms with E-state index in [-0.39, 0.29) is 23.4 Å². The molecule has 0 amide bonds. The first kappa shape index (κ1) is 27.6. The van der Waals surface area contributed by atoms with Gasteiger partial charge in [-0.2, -0.15) is 0 Å². The highest BCUT2D eigenvalue weighted by Crippen LogP contribution is 2.71. The smallest absolute Gasteiger partial charge is 0.339 e. The number of alkyl halides is 1. The van der Waals surface area contributed by atoms with E-state index in [9.17, 15) is 19.2 Å². The normalized spacial score (nSPS) is 37.4. The van der Waals surface area contributed by atoms with Crippen molar-refractivity contribution in [2.24, 2.45) is 22.7 Å². The lowest BCUT2D eigenvalue weighted by Crippen LogP contribution is -2.64. The highest BCUT2D eigenvalue weighted by atomic mass is 127. The number of Topliss-reactive ketones (excluding diaryl/α,β-unsaturated/α-hetero) is 1. The summed E-state index contributed by atoms with van der Waals surface area (Å²) in [7, 11) is 0. The zero-order valence-corrected chi connectivity index (χ0v) is 24.8. The third-order valence-electron chi connectivity index (χ3n) is 9.97. The largest absolute Gasteiger partial charge is 0.458 e. The Kier molecular flexibility index (Phi) is 6.95. The number of esters is 2.